The Hall–Kier alpha value is -0.0400. The number of halogens is 1. The van der Waals surface area contributed by atoms with E-state index in [0.29, 0.717) is 12.5 Å². The standard InChI is InChI=1S/C16H30INO3/c1-13(2)7-10-20-16(11-17)8-6-9-18(12-16)14(19)21-15(3,4)5/h13H,6-12H2,1-5H3. The molecule has 4 nitrogen and oxygen atoms in total. The number of ether oxygens (including phenoxy) is 2. The van der Waals surface area contributed by atoms with Gasteiger partial charge >= 0.3 is 6.09 Å². The van der Waals surface area contributed by atoms with Crippen molar-refractivity contribution in [1.29, 1.82) is 0 Å². The molecule has 0 aliphatic carbocycles. The summed E-state index contributed by atoms with van der Waals surface area (Å²) in [5.74, 6) is 0.641. The molecule has 5 heteroatoms. The van der Waals surface area contributed by atoms with Crippen molar-refractivity contribution in [3.63, 3.8) is 0 Å². The molecule has 1 amide bonds. The summed E-state index contributed by atoms with van der Waals surface area (Å²) in [6, 6.07) is 0. The zero-order valence-corrected chi connectivity index (χ0v) is 16.2. The maximum absolute atomic E-state index is 12.2. The molecule has 0 spiro atoms. The highest BCUT2D eigenvalue weighted by molar-refractivity contribution is 14.1. The van der Waals surface area contributed by atoms with Crippen molar-refractivity contribution < 1.29 is 14.3 Å². The highest BCUT2D eigenvalue weighted by Gasteiger charge is 2.38. The van der Waals surface area contributed by atoms with Gasteiger partial charge in [-0.3, -0.25) is 0 Å². The Bertz CT molecular complexity index is 341. The van der Waals surface area contributed by atoms with Crippen LogP contribution in [-0.4, -0.2) is 46.3 Å². The summed E-state index contributed by atoms with van der Waals surface area (Å²) in [5.41, 5.74) is -0.648. The molecule has 0 aromatic rings. The number of amides is 1. The van der Waals surface area contributed by atoms with Gasteiger partial charge < -0.3 is 14.4 Å². The van der Waals surface area contributed by atoms with Crippen molar-refractivity contribution in [2.75, 3.05) is 24.1 Å². The number of carbonyl (C=O) groups is 1. The number of likely N-dealkylation sites (tertiary alicyclic amines) is 1. The monoisotopic (exact) mass is 411 g/mol. The summed E-state index contributed by atoms with van der Waals surface area (Å²) in [4.78, 5) is 14.1. The Balaban J connectivity index is 2.60. The van der Waals surface area contributed by atoms with Gasteiger partial charge in [-0.1, -0.05) is 36.4 Å². The third kappa shape index (κ3) is 6.72. The number of alkyl halides is 1. The molecule has 0 radical (unpaired) electrons. The summed E-state index contributed by atoms with van der Waals surface area (Å²) in [6.45, 7) is 12.3. The first-order chi connectivity index (χ1) is 9.67. The van der Waals surface area contributed by atoms with Crippen LogP contribution in [-0.2, 0) is 9.47 Å². The topological polar surface area (TPSA) is 38.8 Å². The van der Waals surface area contributed by atoms with Gasteiger partial charge in [-0.15, -0.1) is 0 Å². The highest BCUT2D eigenvalue weighted by Crippen LogP contribution is 2.29. The predicted octanol–water partition coefficient (Wildman–Crippen LogP) is 4.25. The minimum absolute atomic E-state index is 0.204. The maximum atomic E-state index is 12.2. The van der Waals surface area contributed by atoms with Gasteiger partial charge in [0.25, 0.3) is 0 Å². The molecule has 124 valence electrons. The van der Waals surface area contributed by atoms with Crippen LogP contribution in [0.25, 0.3) is 0 Å². The third-order valence-corrected chi connectivity index (χ3v) is 4.93. The fraction of sp³-hybridized carbons (Fsp3) is 0.938. The first-order valence-corrected chi connectivity index (χ1v) is 9.38. The molecule has 0 N–H and O–H groups in total. The van der Waals surface area contributed by atoms with E-state index in [2.05, 4.69) is 36.4 Å². The molecule has 1 heterocycles. The Morgan fingerprint density at radius 3 is 2.57 bits per heavy atom. The molecule has 1 atom stereocenters. The van der Waals surface area contributed by atoms with E-state index in [4.69, 9.17) is 9.47 Å². The molecule has 1 saturated heterocycles. The molecule has 0 saturated carbocycles. The summed E-state index contributed by atoms with van der Waals surface area (Å²) >= 11 is 2.37. The molecule has 1 aliphatic rings. The molecule has 1 fully saturated rings. The third-order valence-electron chi connectivity index (χ3n) is 3.54. The van der Waals surface area contributed by atoms with Crippen LogP contribution < -0.4 is 0 Å². The van der Waals surface area contributed by atoms with Crippen molar-refractivity contribution in [3.05, 3.63) is 0 Å². The Morgan fingerprint density at radius 1 is 1.38 bits per heavy atom. The number of hydrogen-bond donors (Lipinski definition) is 0. The number of carbonyl (C=O) groups excluding carboxylic acids is 1. The number of rotatable bonds is 5. The van der Waals surface area contributed by atoms with Crippen molar-refractivity contribution >= 4 is 28.7 Å². The van der Waals surface area contributed by atoms with E-state index < -0.39 is 5.60 Å². The second-order valence-electron chi connectivity index (χ2n) is 7.35. The number of piperidine rings is 1. The van der Waals surface area contributed by atoms with E-state index >= 15 is 0 Å². The van der Waals surface area contributed by atoms with Gasteiger partial charge in [0.2, 0.25) is 0 Å². The summed E-state index contributed by atoms with van der Waals surface area (Å²) in [7, 11) is 0. The lowest BCUT2D eigenvalue weighted by molar-refractivity contribution is -0.0773. The largest absolute Gasteiger partial charge is 0.444 e. The van der Waals surface area contributed by atoms with Crippen molar-refractivity contribution in [2.45, 2.75) is 65.1 Å². The summed E-state index contributed by atoms with van der Waals surface area (Å²) in [5, 5.41) is 0. The zero-order chi connectivity index (χ0) is 16.1. The van der Waals surface area contributed by atoms with Gasteiger partial charge in [-0.2, -0.15) is 0 Å². The fourth-order valence-corrected chi connectivity index (χ4v) is 3.20. The van der Waals surface area contributed by atoms with Crippen LogP contribution in [0.5, 0.6) is 0 Å². The van der Waals surface area contributed by atoms with Crippen LogP contribution >= 0.6 is 22.6 Å². The minimum atomic E-state index is -0.444. The van der Waals surface area contributed by atoms with E-state index in [1.165, 1.54) is 0 Å². The van der Waals surface area contributed by atoms with E-state index in [1.807, 2.05) is 25.7 Å². The molecule has 0 aromatic carbocycles. The SMILES string of the molecule is CC(C)CCOC1(CI)CCCN(C(=O)OC(C)(C)C)C1. The van der Waals surface area contributed by atoms with E-state index in [0.717, 1.165) is 36.8 Å². The zero-order valence-electron chi connectivity index (χ0n) is 14.1. The Morgan fingerprint density at radius 2 is 2.05 bits per heavy atom. The van der Waals surface area contributed by atoms with Crippen molar-refractivity contribution in [3.8, 4) is 0 Å². The lowest BCUT2D eigenvalue weighted by atomic mass is 9.95. The maximum Gasteiger partial charge on any atom is 0.410 e. The number of nitrogens with zero attached hydrogens (tertiary/aromatic N) is 1. The molecule has 1 unspecified atom stereocenters. The van der Waals surface area contributed by atoms with E-state index in [1.54, 1.807) is 0 Å². The summed E-state index contributed by atoms with van der Waals surface area (Å²) in [6.07, 6.45) is 2.84. The normalized spacial score (nSPS) is 23.5. The number of hydrogen-bond acceptors (Lipinski definition) is 3. The van der Waals surface area contributed by atoms with Gasteiger partial charge in [0.15, 0.2) is 0 Å². The van der Waals surface area contributed by atoms with E-state index in [-0.39, 0.29) is 11.7 Å². The Labute approximate surface area is 143 Å². The highest BCUT2D eigenvalue weighted by atomic mass is 127. The van der Waals surface area contributed by atoms with E-state index in [9.17, 15) is 4.79 Å². The van der Waals surface area contributed by atoms with Gasteiger partial charge in [0.1, 0.15) is 5.60 Å². The molecular weight excluding hydrogens is 381 g/mol. The fourth-order valence-electron chi connectivity index (χ4n) is 2.36. The van der Waals surface area contributed by atoms with Crippen LogP contribution in [0.3, 0.4) is 0 Å². The average Bonchev–Trinajstić information content (AvgIpc) is 2.36. The molecular formula is C16H30INO3. The van der Waals surface area contributed by atoms with Gasteiger partial charge in [-0.05, 0) is 46.0 Å². The predicted molar refractivity (Wildman–Crippen MR) is 94.1 cm³/mol. The minimum Gasteiger partial charge on any atom is -0.444 e. The van der Waals surface area contributed by atoms with Gasteiger partial charge in [-0.25, -0.2) is 4.79 Å². The van der Waals surface area contributed by atoms with Crippen LogP contribution in [0, 0.1) is 5.92 Å². The second-order valence-corrected chi connectivity index (χ2v) is 8.12. The first kappa shape index (κ1) is 19.0. The lowest BCUT2D eigenvalue weighted by Crippen LogP contribution is -2.54. The lowest BCUT2D eigenvalue weighted by Gasteiger charge is -2.42. The molecule has 0 bridgehead atoms. The summed E-state index contributed by atoms with van der Waals surface area (Å²) < 4.78 is 12.6. The van der Waals surface area contributed by atoms with Gasteiger partial charge in [0, 0.05) is 17.6 Å². The average molecular weight is 411 g/mol. The molecule has 21 heavy (non-hydrogen) atoms. The molecule has 1 aliphatic heterocycles. The van der Waals surface area contributed by atoms with Crippen molar-refractivity contribution in [1.82, 2.24) is 4.90 Å². The van der Waals surface area contributed by atoms with Crippen molar-refractivity contribution in [2.24, 2.45) is 5.92 Å². The van der Waals surface area contributed by atoms with Crippen LogP contribution in [0.2, 0.25) is 0 Å². The van der Waals surface area contributed by atoms with Crippen LogP contribution in [0.1, 0.15) is 53.9 Å². The smallest absolute Gasteiger partial charge is 0.410 e. The molecule has 0 aromatic heterocycles. The Kier molecular flexibility index (Phi) is 7.24. The molecule has 1 rings (SSSR count). The quantitative estimate of drug-likeness (QED) is 0.502. The first-order valence-electron chi connectivity index (χ1n) is 7.85. The van der Waals surface area contributed by atoms with Crippen LogP contribution in [0.4, 0.5) is 4.79 Å². The van der Waals surface area contributed by atoms with Gasteiger partial charge in [0.05, 0.1) is 12.1 Å². The van der Waals surface area contributed by atoms with Crippen LogP contribution in [0.15, 0.2) is 0 Å². The second kappa shape index (κ2) is 7.99.